The molecule has 4 aromatic rings. The van der Waals surface area contributed by atoms with Gasteiger partial charge < -0.3 is 13.7 Å². The summed E-state index contributed by atoms with van der Waals surface area (Å²) in [7, 11) is 1.30. The molecule has 0 amide bonds. The van der Waals surface area contributed by atoms with E-state index in [2.05, 4.69) is 42.8 Å². The maximum atomic E-state index is 11.4. The third-order valence-corrected chi connectivity index (χ3v) is 3.84. The van der Waals surface area contributed by atoms with Gasteiger partial charge in [-0.2, -0.15) is 0 Å². The first kappa shape index (κ1) is 15.1. The van der Waals surface area contributed by atoms with Crippen LogP contribution in [0.3, 0.4) is 0 Å². The van der Waals surface area contributed by atoms with Crippen molar-refractivity contribution in [3.05, 3.63) is 66.3 Å². The monoisotopic (exact) mass is 337 g/mol. The summed E-state index contributed by atoms with van der Waals surface area (Å²) in [6.45, 7) is 0.906. The van der Waals surface area contributed by atoms with Crippen LogP contribution in [0.15, 0.2) is 53.4 Å². The molecule has 0 spiro atoms. The van der Waals surface area contributed by atoms with Crippen molar-refractivity contribution in [3.8, 4) is 0 Å². The number of esters is 1. The molecule has 0 saturated heterocycles. The highest BCUT2D eigenvalue weighted by molar-refractivity contribution is 5.86. The lowest BCUT2D eigenvalue weighted by molar-refractivity contribution is 0.0594. The van der Waals surface area contributed by atoms with Crippen LogP contribution in [0, 0.1) is 0 Å². The number of hydrogen-bond acceptors (Lipinski definition) is 6. The predicted molar refractivity (Wildman–Crippen MR) is 88.0 cm³/mol. The van der Waals surface area contributed by atoms with Crippen LogP contribution >= 0.6 is 0 Å². The van der Waals surface area contributed by atoms with Crippen LogP contribution in [0.4, 0.5) is 0 Å². The molecule has 0 aliphatic heterocycles. The van der Waals surface area contributed by atoms with Crippen LogP contribution in [0.1, 0.15) is 22.1 Å². The smallest absolute Gasteiger partial charge is 0.360 e. The average Bonchev–Trinajstić information content (AvgIpc) is 3.36. The molecule has 8 nitrogen and oxygen atoms in total. The SMILES string of the molecule is COC(=O)c1coc(Cn2cc(Cn3ccc4ccccc43)nn2)n1. The molecule has 126 valence electrons. The van der Waals surface area contributed by atoms with Crippen molar-refractivity contribution in [1.82, 2.24) is 24.5 Å². The van der Waals surface area contributed by atoms with Gasteiger partial charge in [0.1, 0.15) is 18.5 Å². The zero-order chi connectivity index (χ0) is 17.2. The summed E-state index contributed by atoms with van der Waals surface area (Å²) in [6, 6.07) is 10.2. The number of oxazole rings is 1. The maximum Gasteiger partial charge on any atom is 0.360 e. The van der Waals surface area contributed by atoms with Gasteiger partial charge in [0.2, 0.25) is 5.89 Å². The van der Waals surface area contributed by atoms with Gasteiger partial charge in [0.15, 0.2) is 5.69 Å². The van der Waals surface area contributed by atoms with E-state index in [0.717, 1.165) is 11.2 Å². The van der Waals surface area contributed by atoms with Crippen LogP contribution < -0.4 is 0 Å². The Morgan fingerprint density at radius 3 is 3.00 bits per heavy atom. The van der Waals surface area contributed by atoms with Crippen molar-refractivity contribution in [3.63, 3.8) is 0 Å². The summed E-state index contributed by atoms with van der Waals surface area (Å²) in [6.07, 6.45) is 5.13. The minimum Gasteiger partial charge on any atom is -0.464 e. The molecule has 25 heavy (non-hydrogen) atoms. The molecule has 0 radical (unpaired) electrons. The van der Waals surface area contributed by atoms with E-state index in [9.17, 15) is 4.79 Å². The van der Waals surface area contributed by atoms with Crippen molar-refractivity contribution in [2.45, 2.75) is 13.1 Å². The molecule has 0 aliphatic rings. The number of methoxy groups -OCH3 is 1. The van der Waals surface area contributed by atoms with E-state index < -0.39 is 5.97 Å². The maximum absolute atomic E-state index is 11.4. The molecule has 4 rings (SSSR count). The number of nitrogens with zero attached hydrogens (tertiary/aromatic N) is 5. The summed E-state index contributed by atoms with van der Waals surface area (Å²) in [5.74, 6) is -0.169. The lowest BCUT2D eigenvalue weighted by Crippen LogP contribution is -2.04. The van der Waals surface area contributed by atoms with Crippen LogP contribution in [0.2, 0.25) is 0 Å². The summed E-state index contributed by atoms with van der Waals surface area (Å²) < 4.78 is 13.6. The standard InChI is InChI=1S/C17H15N5O3/c1-24-17(23)14-11-25-16(18-14)10-22-9-13(19-20-22)8-21-7-6-12-4-2-3-5-15(12)21/h2-7,9,11H,8,10H2,1H3. The second kappa shape index (κ2) is 6.23. The van der Waals surface area contributed by atoms with Crippen molar-refractivity contribution in [1.29, 1.82) is 0 Å². The normalized spacial score (nSPS) is 11.1. The molecule has 3 aromatic heterocycles. The lowest BCUT2D eigenvalue weighted by atomic mass is 10.2. The van der Waals surface area contributed by atoms with Crippen LogP contribution in [-0.2, 0) is 17.8 Å². The zero-order valence-electron chi connectivity index (χ0n) is 13.5. The van der Waals surface area contributed by atoms with E-state index in [4.69, 9.17) is 4.42 Å². The van der Waals surface area contributed by atoms with Crippen molar-refractivity contribution < 1.29 is 13.9 Å². The Bertz CT molecular complexity index is 1030. The molecule has 3 heterocycles. The fourth-order valence-corrected chi connectivity index (χ4v) is 2.66. The van der Waals surface area contributed by atoms with Gasteiger partial charge >= 0.3 is 5.97 Å². The van der Waals surface area contributed by atoms with Crippen molar-refractivity contribution in [2.75, 3.05) is 7.11 Å². The van der Waals surface area contributed by atoms with Gasteiger partial charge in [-0.1, -0.05) is 23.4 Å². The van der Waals surface area contributed by atoms with E-state index in [-0.39, 0.29) is 12.2 Å². The topological polar surface area (TPSA) is 88.0 Å². The van der Waals surface area contributed by atoms with Gasteiger partial charge in [-0.05, 0) is 17.5 Å². The fourth-order valence-electron chi connectivity index (χ4n) is 2.66. The second-order valence-electron chi connectivity index (χ2n) is 5.53. The molecule has 0 unspecified atom stereocenters. The second-order valence-corrected chi connectivity index (χ2v) is 5.53. The first-order valence-electron chi connectivity index (χ1n) is 7.68. The summed E-state index contributed by atoms with van der Waals surface area (Å²) >= 11 is 0. The number of benzene rings is 1. The Labute approximate surface area is 142 Å². The van der Waals surface area contributed by atoms with Crippen LogP contribution in [0.25, 0.3) is 10.9 Å². The first-order chi connectivity index (χ1) is 12.2. The highest BCUT2D eigenvalue weighted by atomic mass is 16.5. The Balaban J connectivity index is 1.48. The Kier molecular flexibility index (Phi) is 3.77. The number of fused-ring (bicyclic) bond motifs is 1. The van der Waals surface area contributed by atoms with Gasteiger partial charge in [-0.15, -0.1) is 5.10 Å². The van der Waals surface area contributed by atoms with Gasteiger partial charge in [-0.3, -0.25) is 0 Å². The van der Waals surface area contributed by atoms with E-state index in [1.54, 1.807) is 4.68 Å². The quantitative estimate of drug-likeness (QED) is 0.518. The van der Waals surface area contributed by atoms with Gasteiger partial charge in [0.05, 0.1) is 19.9 Å². The number of carbonyl (C=O) groups excluding carboxylic acids is 1. The third kappa shape index (κ3) is 3.01. The number of para-hydroxylation sites is 1. The van der Waals surface area contributed by atoms with E-state index in [0.29, 0.717) is 12.4 Å². The minimum absolute atomic E-state index is 0.136. The number of aromatic nitrogens is 5. The highest BCUT2D eigenvalue weighted by Gasteiger charge is 2.13. The van der Waals surface area contributed by atoms with E-state index in [1.807, 2.05) is 24.5 Å². The summed E-state index contributed by atoms with van der Waals surface area (Å²) in [5, 5.41) is 9.45. The lowest BCUT2D eigenvalue weighted by Gasteiger charge is -2.01. The summed E-state index contributed by atoms with van der Waals surface area (Å²) in [4.78, 5) is 15.5. The van der Waals surface area contributed by atoms with Crippen molar-refractivity contribution >= 4 is 16.9 Å². The molecular formula is C17H15N5O3. The van der Waals surface area contributed by atoms with E-state index >= 15 is 0 Å². The number of carbonyl (C=O) groups is 1. The predicted octanol–water partition coefficient (Wildman–Crippen LogP) is 2.10. The average molecular weight is 337 g/mol. The molecule has 0 bridgehead atoms. The summed E-state index contributed by atoms with van der Waals surface area (Å²) in [5.41, 5.74) is 2.10. The molecular weight excluding hydrogens is 322 g/mol. The fraction of sp³-hybridized carbons (Fsp3) is 0.176. The minimum atomic E-state index is -0.534. The first-order valence-corrected chi connectivity index (χ1v) is 7.68. The molecule has 0 aliphatic carbocycles. The van der Waals surface area contributed by atoms with Crippen LogP contribution in [0.5, 0.6) is 0 Å². The largest absolute Gasteiger partial charge is 0.464 e. The van der Waals surface area contributed by atoms with Gasteiger partial charge in [-0.25, -0.2) is 14.5 Å². The number of hydrogen-bond donors (Lipinski definition) is 0. The Morgan fingerprint density at radius 2 is 2.12 bits per heavy atom. The Hall–Kier alpha value is -3.42. The molecule has 8 heteroatoms. The number of rotatable bonds is 5. The molecule has 0 saturated carbocycles. The molecule has 0 fully saturated rings. The molecule has 1 aromatic carbocycles. The molecule has 0 N–H and O–H groups in total. The third-order valence-electron chi connectivity index (χ3n) is 3.84. The van der Waals surface area contributed by atoms with Gasteiger partial charge in [0, 0.05) is 11.7 Å². The van der Waals surface area contributed by atoms with Crippen molar-refractivity contribution in [2.24, 2.45) is 0 Å². The Morgan fingerprint density at radius 1 is 1.24 bits per heavy atom. The molecule has 0 atom stereocenters. The van der Waals surface area contributed by atoms with Crippen LogP contribution in [-0.4, -0.2) is 37.6 Å². The number of ether oxygens (including phenoxy) is 1. The van der Waals surface area contributed by atoms with E-state index in [1.165, 1.54) is 18.8 Å². The van der Waals surface area contributed by atoms with Gasteiger partial charge in [0.25, 0.3) is 0 Å². The highest BCUT2D eigenvalue weighted by Crippen LogP contribution is 2.16. The zero-order valence-corrected chi connectivity index (χ0v) is 13.5.